The van der Waals surface area contributed by atoms with Gasteiger partial charge in [-0.2, -0.15) is 0 Å². The predicted octanol–water partition coefficient (Wildman–Crippen LogP) is 3.16. The van der Waals surface area contributed by atoms with Crippen molar-refractivity contribution in [3.8, 4) is 11.6 Å². The Kier molecular flexibility index (Phi) is 3.82. The number of ether oxygens (including phenoxy) is 1. The summed E-state index contributed by atoms with van der Waals surface area (Å²) in [6.45, 7) is 1.85. The Balaban J connectivity index is 1.67. The minimum Gasteiger partial charge on any atom is -0.437 e. The maximum Gasteiger partial charge on any atom is 0.257 e. The van der Waals surface area contributed by atoms with E-state index < -0.39 is 0 Å². The van der Waals surface area contributed by atoms with Gasteiger partial charge in [-0.25, -0.2) is 4.98 Å². The molecule has 110 valence electrons. The number of aromatic nitrogens is 3. The molecule has 0 spiro atoms. The highest BCUT2D eigenvalue weighted by molar-refractivity contribution is 6.04. The summed E-state index contributed by atoms with van der Waals surface area (Å²) in [5, 5.41) is 2.79. The Hall–Kier alpha value is -3.15. The van der Waals surface area contributed by atoms with E-state index in [9.17, 15) is 4.79 Å². The van der Waals surface area contributed by atoms with Gasteiger partial charge in [0.15, 0.2) is 0 Å². The second-order valence-electron chi connectivity index (χ2n) is 4.65. The van der Waals surface area contributed by atoms with Gasteiger partial charge < -0.3 is 15.0 Å². The first-order valence-corrected chi connectivity index (χ1v) is 6.71. The van der Waals surface area contributed by atoms with E-state index in [0.29, 0.717) is 22.9 Å². The maximum absolute atomic E-state index is 12.1. The van der Waals surface area contributed by atoms with Gasteiger partial charge in [-0.3, -0.25) is 9.78 Å². The van der Waals surface area contributed by atoms with Crippen LogP contribution in [0.4, 0.5) is 5.69 Å². The molecule has 3 aromatic heterocycles. The lowest BCUT2D eigenvalue weighted by Crippen LogP contribution is -2.12. The monoisotopic (exact) mass is 294 g/mol. The van der Waals surface area contributed by atoms with Crippen LogP contribution in [0.3, 0.4) is 0 Å². The van der Waals surface area contributed by atoms with Crippen molar-refractivity contribution in [2.24, 2.45) is 0 Å². The number of nitrogens with zero attached hydrogens (tertiary/aromatic N) is 2. The SMILES string of the molecule is Cc1[nH]ccc1C(=O)Nc1ccc(Oc2cccnc2)nc1. The molecule has 0 aliphatic rings. The Labute approximate surface area is 127 Å². The number of aryl methyl sites for hydroxylation is 1. The molecule has 22 heavy (non-hydrogen) atoms. The minimum atomic E-state index is -0.179. The molecule has 0 aromatic carbocycles. The zero-order valence-corrected chi connectivity index (χ0v) is 11.9. The fourth-order valence-electron chi connectivity index (χ4n) is 1.94. The summed E-state index contributed by atoms with van der Waals surface area (Å²) in [5.41, 5.74) is 2.03. The largest absolute Gasteiger partial charge is 0.437 e. The van der Waals surface area contributed by atoms with E-state index in [1.165, 1.54) is 0 Å². The molecule has 6 nitrogen and oxygen atoms in total. The topological polar surface area (TPSA) is 79.9 Å². The minimum absolute atomic E-state index is 0.179. The van der Waals surface area contributed by atoms with Crippen LogP contribution in [-0.4, -0.2) is 20.9 Å². The predicted molar refractivity (Wildman–Crippen MR) is 82.0 cm³/mol. The van der Waals surface area contributed by atoms with Gasteiger partial charge in [-0.15, -0.1) is 0 Å². The molecule has 0 bridgehead atoms. The number of H-pyrrole nitrogens is 1. The van der Waals surface area contributed by atoms with Gasteiger partial charge >= 0.3 is 0 Å². The third-order valence-corrected chi connectivity index (χ3v) is 3.05. The molecular weight excluding hydrogens is 280 g/mol. The van der Waals surface area contributed by atoms with E-state index in [1.807, 2.05) is 6.92 Å². The number of hydrogen-bond donors (Lipinski definition) is 2. The maximum atomic E-state index is 12.1. The lowest BCUT2D eigenvalue weighted by atomic mass is 10.2. The van der Waals surface area contributed by atoms with E-state index in [0.717, 1.165) is 5.69 Å². The van der Waals surface area contributed by atoms with Crippen molar-refractivity contribution in [3.63, 3.8) is 0 Å². The smallest absolute Gasteiger partial charge is 0.257 e. The number of nitrogens with one attached hydrogen (secondary N) is 2. The van der Waals surface area contributed by atoms with Crippen molar-refractivity contribution in [2.45, 2.75) is 6.92 Å². The lowest BCUT2D eigenvalue weighted by molar-refractivity contribution is 0.102. The average Bonchev–Trinajstić information content (AvgIpc) is 2.96. The van der Waals surface area contributed by atoms with Gasteiger partial charge in [0.2, 0.25) is 5.88 Å². The second kappa shape index (κ2) is 6.09. The molecule has 0 radical (unpaired) electrons. The lowest BCUT2D eigenvalue weighted by Gasteiger charge is -2.06. The van der Waals surface area contributed by atoms with Crippen LogP contribution in [0.15, 0.2) is 55.1 Å². The van der Waals surface area contributed by atoms with Crippen LogP contribution in [0.1, 0.15) is 16.1 Å². The van der Waals surface area contributed by atoms with E-state index in [2.05, 4.69) is 20.3 Å². The van der Waals surface area contributed by atoms with Crippen LogP contribution in [-0.2, 0) is 0 Å². The highest BCUT2D eigenvalue weighted by Crippen LogP contribution is 2.19. The van der Waals surface area contributed by atoms with Crippen molar-refractivity contribution in [3.05, 3.63) is 66.4 Å². The first-order chi connectivity index (χ1) is 10.7. The van der Waals surface area contributed by atoms with Gasteiger partial charge in [0.1, 0.15) is 5.75 Å². The molecule has 0 atom stereocenters. The highest BCUT2D eigenvalue weighted by Gasteiger charge is 2.10. The number of carbonyl (C=O) groups excluding carboxylic acids is 1. The Bertz CT molecular complexity index is 766. The summed E-state index contributed by atoms with van der Waals surface area (Å²) in [6.07, 6.45) is 6.55. The summed E-state index contributed by atoms with van der Waals surface area (Å²) >= 11 is 0. The number of pyridine rings is 2. The van der Waals surface area contributed by atoms with Gasteiger partial charge in [-0.1, -0.05) is 0 Å². The van der Waals surface area contributed by atoms with Crippen LogP contribution < -0.4 is 10.1 Å². The Morgan fingerprint density at radius 2 is 2.14 bits per heavy atom. The quantitative estimate of drug-likeness (QED) is 0.774. The molecule has 0 fully saturated rings. The van der Waals surface area contributed by atoms with Crippen molar-refractivity contribution < 1.29 is 9.53 Å². The Morgan fingerprint density at radius 1 is 1.23 bits per heavy atom. The summed E-state index contributed by atoms with van der Waals surface area (Å²) < 4.78 is 5.54. The van der Waals surface area contributed by atoms with Crippen molar-refractivity contribution >= 4 is 11.6 Å². The highest BCUT2D eigenvalue weighted by atomic mass is 16.5. The molecule has 6 heteroatoms. The van der Waals surface area contributed by atoms with Crippen molar-refractivity contribution in [1.29, 1.82) is 0 Å². The van der Waals surface area contributed by atoms with Crippen LogP contribution >= 0.6 is 0 Å². The number of aromatic amines is 1. The molecule has 3 aromatic rings. The molecule has 2 N–H and O–H groups in total. The van der Waals surface area contributed by atoms with Gasteiger partial charge in [-0.05, 0) is 31.2 Å². The summed E-state index contributed by atoms with van der Waals surface area (Å²) in [5.74, 6) is 0.861. The summed E-state index contributed by atoms with van der Waals surface area (Å²) in [6, 6.07) is 8.73. The number of hydrogen-bond acceptors (Lipinski definition) is 4. The number of rotatable bonds is 4. The molecule has 3 rings (SSSR count). The molecular formula is C16H14N4O2. The van der Waals surface area contributed by atoms with E-state index in [-0.39, 0.29) is 5.91 Å². The molecule has 1 amide bonds. The molecule has 0 unspecified atom stereocenters. The van der Waals surface area contributed by atoms with E-state index in [4.69, 9.17) is 4.74 Å². The first-order valence-electron chi connectivity index (χ1n) is 6.71. The summed E-state index contributed by atoms with van der Waals surface area (Å²) in [4.78, 5) is 23.2. The first kappa shape index (κ1) is 13.8. The zero-order chi connectivity index (χ0) is 15.4. The van der Waals surface area contributed by atoms with Gasteiger partial charge in [0.25, 0.3) is 5.91 Å². The fourth-order valence-corrected chi connectivity index (χ4v) is 1.94. The zero-order valence-electron chi connectivity index (χ0n) is 11.9. The van der Waals surface area contributed by atoms with E-state index >= 15 is 0 Å². The molecule has 3 heterocycles. The number of carbonyl (C=O) groups is 1. The van der Waals surface area contributed by atoms with E-state index in [1.54, 1.807) is 55.1 Å². The second-order valence-corrected chi connectivity index (χ2v) is 4.65. The Morgan fingerprint density at radius 3 is 2.77 bits per heavy atom. The van der Waals surface area contributed by atoms with Gasteiger partial charge in [0.05, 0.1) is 23.6 Å². The van der Waals surface area contributed by atoms with Crippen molar-refractivity contribution in [2.75, 3.05) is 5.32 Å². The molecule has 0 saturated carbocycles. The van der Waals surface area contributed by atoms with Crippen molar-refractivity contribution in [1.82, 2.24) is 15.0 Å². The number of amides is 1. The van der Waals surface area contributed by atoms with Crippen LogP contribution in [0.5, 0.6) is 11.6 Å². The van der Waals surface area contributed by atoms with Crippen LogP contribution in [0.2, 0.25) is 0 Å². The average molecular weight is 294 g/mol. The molecule has 0 saturated heterocycles. The standard InChI is InChI=1S/C16H14N4O2/c1-11-14(6-8-18-11)16(21)20-12-4-5-15(19-9-12)22-13-3-2-7-17-10-13/h2-10,18H,1H3,(H,20,21). The van der Waals surface area contributed by atoms with Crippen LogP contribution in [0.25, 0.3) is 0 Å². The third kappa shape index (κ3) is 3.12. The van der Waals surface area contributed by atoms with Crippen LogP contribution in [0, 0.1) is 6.92 Å². The third-order valence-electron chi connectivity index (χ3n) is 3.05. The molecule has 0 aliphatic carbocycles. The fraction of sp³-hybridized carbons (Fsp3) is 0.0625. The van der Waals surface area contributed by atoms with Gasteiger partial charge in [0, 0.05) is 24.2 Å². The number of anilines is 1. The normalized spacial score (nSPS) is 10.2. The molecule has 0 aliphatic heterocycles. The summed E-state index contributed by atoms with van der Waals surface area (Å²) in [7, 11) is 0.